The van der Waals surface area contributed by atoms with Gasteiger partial charge in [-0.05, 0) is 64.8 Å². The molecule has 0 aliphatic carbocycles. The lowest BCUT2D eigenvalue weighted by Gasteiger charge is -2.08. The van der Waals surface area contributed by atoms with Crippen LogP contribution in [-0.4, -0.2) is 4.98 Å². The largest absolute Gasteiger partial charge is 0.438 e. The Morgan fingerprint density at radius 2 is 1.90 bits per heavy atom. The van der Waals surface area contributed by atoms with Crippen LogP contribution in [0.3, 0.4) is 0 Å². The van der Waals surface area contributed by atoms with Gasteiger partial charge in [0.15, 0.2) is 0 Å². The third-order valence-electron chi connectivity index (χ3n) is 2.99. The smallest absolute Gasteiger partial charge is 0.219 e. The van der Waals surface area contributed by atoms with E-state index in [-0.39, 0.29) is 0 Å². The molecule has 0 radical (unpaired) electrons. The van der Waals surface area contributed by atoms with Gasteiger partial charge in [0.05, 0.1) is 9.99 Å². The van der Waals surface area contributed by atoms with Crippen molar-refractivity contribution in [3.8, 4) is 11.6 Å². The van der Waals surface area contributed by atoms with Gasteiger partial charge in [-0.3, -0.25) is 0 Å². The fraction of sp³-hybridized carbons (Fsp3) is 0.0625. The highest BCUT2D eigenvalue weighted by molar-refractivity contribution is 9.10. The second-order valence-electron chi connectivity index (χ2n) is 4.64. The number of hydrogen-bond donors (Lipinski definition) is 1. The van der Waals surface area contributed by atoms with Crippen LogP contribution in [0.15, 0.2) is 53.0 Å². The highest BCUT2D eigenvalue weighted by Gasteiger charge is 2.05. The van der Waals surface area contributed by atoms with Crippen molar-refractivity contribution in [2.24, 2.45) is 0 Å². The topological polar surface area (TPSA) is 48.1 Å². The van der Waals surface area contributed by atoms with Crippen molar-refractivity contribution in [2.45, 2.75) is 6.92 Å². The third-order valence-corrected chi connectivity index (χ3v) is 3.61. The van der Waals surface area contributed by atoms with Crippen molar-refractivity contribution in [3.05, 3.63) is 58.6 Å². The Morgan fingerprint density at radius 1 is 1.05 bits per heavy atom. The van der Waals surface area contributed by atoms with Gasteiger partial charge in [-0.15, -0.1) is 0 Å². The maximum atomic E-state index is 5.81. The van der Waals surface area contributed by atoms with Crippen molar-refractivity contribution in [1.82, 2.24) is 4.98 Å². The number of nitrogens with zero attached hydrogens (tertiary/aromatic N) is 1. The summed E-state index contributed by atoms with van der Waals surface area (Å²) in [6.45, 7) is 2.03. The van der Waals surface area contributed by atoms with Gasteiger partial charge in [-0.25, -0.2) is 4.98 Å². The molecule has 0 aliphatic rings. The van der Waals surface area contributed by atoms with E-state index >= 15 is 0 Å². The van der Waals surface area contributed by atoms with Gasteiger partial charge in [0.1, 0.15) is 5.75 Å². The van der Waals surface area contributed by atoms with Crippen LogP contribution >= 0.6 is 15.9 Å². The number of pyridine rings is 1. The molecule has 3 nitrogen and oxygen atoms in total. The molecule has 2 aromatic carbocycles. The van der Waals surface area contributed by atoms with Crippen LogP contribution in [0, 0.1) is 6.92 Å². The Balaban J connectivity index is 1.96. The fourth-order valence-electron chi connectivity index (χ4n) is 1.98. The SMILES string of the molecule is Cc1ccc(Oc2ccc3cc(N)ccc3n2)c(Br)c1. The minimum absolute atomic E-state index is 0.562. The number of nitrogens with two attached hydrogens (primary N) is 1. The molecular formula is C16H13BrN2O. The predicted molar refractivity (Wildman–Crippen MR) is 85.1 cm³/mol. The number of halogens is 1. The van der Waals surface area contributed by atoms with Gasteiger partial charge in [-0.1, -0.05) is 6.07 Å². The Kier molecular flexibility index (Phi) is 3.32. The fourth-order valence-corrected chi connectivity index (χ4v) is 2.56. The molecule has 0 saturated carbocycles. The lowest BCUT2D eigenvalue weighted by Crippen LogP contribution is -1.91. The zero-order chi connectivity index (χ0) is 14.1. The van der Waals surface area contributed by atoms with Crippen molar-refractivity contribution in [2.75, 3.05) is 5.73 Å². The maximum absolute atomic E-state index is 5.81. The number of ether oxygens (including phenoxy) is 1. The quantitative estimate of drug-likeness (QED) is 0.695. The number of anilines is 1. The van der Waals surface area contributed by atoms with Crippen molar-refractivity contribution >= 4 is 32.5 Å². The first-order valence-electron chi connectivity index (χ1n) is 6.22. The van der Waals surface area contributed by atoms with E-state index in [4.69, 9.17) is 10.5 Å². The van der Waals surface area contributed by atoms with Crippen LogP contribution in [0.4, 0.5) is 5.69 Å². The van der Waals surface area contributed by atoms with Gasteiger partial charge in [0.2, 0.25) is 5.88 Å². The zero-order valence-corrected chi connectivity index (χ0v) is 12.5. The van der Waals surface area contributed by atoms with E-state index in [0.717, 1.165) is 26.8 Å². The minimum Gasteiger partial charge on any atom is -0.438 e. The van der Waals surface area contributed by atoms with E-state index in [1.165, 1.54) is 5.56 Å². The molecule has 2 N–H and O–H groups in total. The minimum atomic E-state index is 0.562. The van der Waals surface area contributed by atoms with Gasteiger partial charge < -0.3 is 10.5 Å². The summed E-state index contributed by atoms with van der Waals surface area (Å²) in [6.07, 6.45) is 0. The van der Waals surface area contributed by atoms with Crippen LogP contribution in [0.2, 0.25) is 0 Å². The molecule has 20 heavy (non-hydrogen) atoms. The van der Waals surface area contributed by atoms with E-state index in [1.807, 2.05) is 55.5 Å². The molecule has 0 amide bonds. The van der Waals surface area contributed by atoms with Crippen LogP contribution in [0.25, 0.3) is 10.9 Å². The van der Waals surface area contributed by atoms with E-state index in [0.29, 0.717) is 5.88 Å². The van der Waals surface area contributed by atoms with Crippen LogP contribution in [0.1, 0.15) is 5.56 Å². The van der Waals surface area contributed by atoms with E-state index < -0.39 is 0 Å². The number of nitrogen functional groups attached to an aromatic ring is 1. The molecule has 0 atom stereocenters. The predicted octanol–water partition coefficient (Wildman–Crippen LogP) is 4.68. The van der Waals surface area contributed by atoms with Crippen molar-refractivity contribution < 1.29 is 4.74 Å². The molecule has 100 valence electrons. The summed E-state index contributed by atoms with van der Waals surface area (Å²) < 4.78 is 6.73. The van der Waals surface area contributed by atoms with Crippen LogP contribution < -0.4 is 10.5 Å². The van der Waals surface area contributed by atoms with Crippen molar-refractivity contribution in [3.63, 3.8) is 0 Å². The molecule has 0 fully saturated rings. The molecule has 4 heteroatoms. The lowest BCUT2D eigenvalue weighted by atomic mass is 10.2. The molecule has 1 aromatic heterocycles. The third kappa shape index (κ3) is 2.60. The van der Waals surface area contributed by atoms with Crippen molar-refractivity contribution in [1.29, 1.82) is 0 Å². The summed E-state index contributed by atoms with van der Waals surface area (Å²) >= 11 is 3.49. The highest BCUT2D eigenvalue weighted by Crippen LogP contribution is 2.30. The first-order chi connectivity index (χ1) is 9.61. The van der Waals surface area contributed by atoms with Gasteiger partial charge >= 0.3 is 0 Å². The molecule has 0 spiro atoms. The summed E-state index contributed by atoms with van der Waals surface area (Å²) in [6, 6.07) is 15.4. The summed E-state index contributed by atoms with van der Waals surface area (Å²) in [5.74, 6) is 1.31. The zero-order valence-electron chi connectivity index (χ0n) is 10.9. The van der Waals surface area contributed by atoms with Crippen LogP contribution in [-0.2, 0) is 0 Å². The monoisotopic (exact) mass is 328 g/mol. The number of fused-ring (bicyclic) bond motifs is 1. The number of hydrogen-bond acceptors (Lipinski definition) is 3. The highest BCUT2D eigenvalue weighted by atomic mass is 79.9. The molecule has 0 bridgehead atoms. The number of rotatable bonds is 2. The summed E-state index contributed by atoms with van der Waals surface area (Å²) in [4.78, 5) is 4.48. The normalized spacial score (nSPS) is 10.7. The Labute approximate surface area is 125 Å². The first-order valence-corrected chi connectivity index (χ1v) is 7.01. The number of aryl methyl sites for hydroxylation is 1. The summed E-state index contributed by atoms with van der Waals surface area (Å²) in [7, 11) is 0. The van der Waals surface area contributed by atoms with E-state index in [1.54, 1.807) is 0 Å². The average molecular weight is 329 g/mol. The Morgan fingerprint density at radius 3 is 2.70 bits per heavy atom. The molecular weight excluding hydrogens is 316 g/mol. The Hall–Kier alpha value is -2.07. The van der Waals surface area contributed by atoms with Gasteiger partial charge in [-0.2, -0.15) is 0 Å². The average Bonchev–Trinajstić information content (AvgIpc) is 2.42. The second-order valence-corrected chi connectivity index (χ2v) is 5.49. The molecule has 0 unspecified atom stereocenters. The summed E-state index contributed by atoms with van der Waals surface area (Å²) in [5, 5.41) is 1.00. The van der Waals surface area contributed by atoms with Crippen LogP contribution in [0.5, 0.6) is 11.6 Å². The molecule has 3 rings (SSSR count). The van der Waals surface area contributed by atoms with Gasteiger partial charge in [0, 0.05) is 17.1 Å². The first kappa shape index (κ1) is 12.9. The molecule has 3 aromatic rings. The van der Waals surface area contributed by atoms with E-state index in [9.17, 15) is 0 Å². The molecule has 0 saturated heterocycles. The van der Waals surface area contributed by atoms with Gasteiger partial charge in [0.25, 0.3) is 0 Å². The summed E-state index contributed by atoms with van der Waals surface area (Å²) in [5.41, 5.74) is 8.52. The maximum Gasteiger partial charge on any atom is 0.219 e. The van der Waals surface area contributed by atoms with E-state index in [2.05, 4.69) is 20.9 Å². The second kappa shape index (κ2) is 5.13. The number of benzene rings is 2. The number of aromatic nitrogens is 1. The standard InChI is InChI=1S/C16H13BrN2O/c1-10-2-6-15(13(17)8-10)20-16-7-3-11-9-12(18)4-5-14(11)19-16/h2-9H,18H2,1H3. The molecule has 0 aliphatic heterocycles. The molecule has 1 heterocycles. The lowest BCUT2D eigenvalue weighted by molar-refractivity contribution is 0.462. The Bertz CT molecular complexity index is 787.